The van der Waals surface area contributed by atoms with Crippen molar-refractivity contribution in [2.45, 2.75) is 0 Å². The number of rotatable bonds is 1. The van der Waals surface area contributed by atoms with Crippen LogP contribution in [0.4, 0.5) is 0 Å². The first-order valence-corrected chi connectivity index (χ1v) is 3.27. The second-order valence-electron chi connectivity index (χ2n) is 1.88. The zero-order valence-corrected chi connectivity index (χ0v) is 6.75. The van der Waals surface area contributed by atoms with Crippen molar-refractivity contribution in [3.8, 4) is 11.5 Å². The molecule has 1 aromatic rings. The topological polar surface area (TPSA) is 115 Å². The van der Waals surface area contributed by atoms with E-state index >= 15 is 0 Å². The summed E-state index contributed by atoms with van der Waals surface area (Å²) in [6.45, 7) is 0. The molecule has 5 N–H and O–H groups in total. The molecule has 0 aliphatic heterocycles. The van der Waals surface area contributed by atoms with E-state index in [9.17, 15) is 0 Å². The minimum absolute atomic E-state index is 0.0764. The minimum atomic E-state index is -0.0764. The molecule has 1 rings (SSSR count). The highest BCUT2D eigenvalue weighted by Gasteiger charge is 1.90. The predicted octanol–water partition coefficient (Wildman–Crippen LogP) is 1.02. The number of phenols is 2. The molecule has 0 bridgehead atoms. The van der Waals surface area contributed by atoms with Crippen LogP contribution in [0.25, 0.3) is 0 Å². The number of para-hydroxylation sites is 2. The van der Waals surface area contributed by atoms with Gasteiger partial charge in [0, 0.05) is 0 Å². The molecule has 13 heavy (non-hydrogen) atoms. The third kappa shape index (κ3) is 5.19. The van der Waals surface area contributed by atoms with E-state index in [1.807, 2.05) is 0 Å². The minimum Gasteiger partial charge on any atom is -0.504 e. The fraction of sp³-hybridized carbons (Fsp3) is 0. The maximum atomic E-state index is 8.67. The molecule has 0 amide bonds. The van der Waals surface area contributed by atoms with E-state index in [4.69, 9.17) is 15.7 Å². The number of nitrogens with two attached hydrogens (primary N) is 1. The van der Waals surface area contributed by atoms with Crippen LogP contribution < -0.4 is 5.84 Å². The standard InChI is InChI=1S/C6H6O2.CH4N4/c7-5-3-1-2-4-6(5)8;2-4-1-5-3/h1-4,7-8H;1-2H,3H2. The molecule has 0 aliphatic rings. The van der Waals surface area contributed by atoms with Gasteiger partial charge in [0.05, 0.1) is 0 Å². The molecule has 0 aromatic heterocycles. The summed E-state index contributed by atoms with van der Waals surface area (Å²) in [5.41, 5.74) is 6.00. The lowest BCUT2D eigenvalue weighted by atomic mass is 10.3. The summed E-state index contributed by atoms with van der Waals surface area (Å²) < 4.78 is 0. The zero-order chi connectivity index (χ0) is 10.1. The summed E-state index contributed by atoms with van der Waals surface area (Å²) in [5.74, 6) is 4.34. The molecular formula is C7H10N4O2. The second kappa shape index (κ2) is 6.59. The molecular weight excluding hydrogens is 172 g/mol. The molecule has 6 heteroatoms. The normalized spacial score (nSPS) is 8.92. The van der Waals surface area contributed by atoms with Crippen LogP contribution >= 0.6 is 0 Å². The Morgan fingerprint density at radius 1 is 1.23 bits per heavy atom. The number of hydrazone groups is 1. The lowest BCUT2D eigenvalue weighted by Gasteiger charge is -1.91. The summed E-state index contributed by atoms with van der Waals surface area (Å²) in [4.78, 5) is 0. The van der Waals surface area contributed by atoms with Crippen molar-refractivity contribution >= 4 is 6.34 Å². The Kier molecular flexibility index (Phi) is 5.52. The molecule has 0 unspecified atom stereocenters. The zero-order valence-electron chi connectivity index (χ0n) is 6.75. The molecule has 0 radical (unpaired) electrons. The summed E-state index contributed by atoms with van der Waals surface area (Å²) in [5, 5.41) is 22.9. The van der Waals surface area contributed by atoms with Crippen molar-refractivity contribution in [1.29, 1.82) is 5.53 Å². The molecule has 0 aliphatic carbocycles. The van der Waals surface area contributed by atoms with Gasteiger partial charge in [-0.05, 0) is 12.1 Å². The number of nitrogens with one attached hydrogen (secondary N) is 1. The Bertz CT molecular complexity index is 267. The maximum Gasteiger partial charge on any atom is 0.157 e. The highest BCUT2D eigenvalue weighted by atomic mass is 16.3. The Balaban J connectivity index is 0.000000252. The smallest absolute Gasteiger partial charge is 0.157 e. The van der Waals surface area contributed by atoms with Gasteiger partial charge in [-0.25, -0.2) is 5.53 Å². The van der Waals surface area contributed by atoms with Gasteiger partial charge in [-0.1, -0.05) is 12.1 Å². The van der Waals surface area contributed by atoms with Crippen LogP contribution in [0.1, 0.15) is 0 Å². The average molecular weight is 182 g/mol. The van der Waals surface area contributed by atoms with E-state index in [2.05, 4.69) is 16.1 Å². The number of nitrogens with zero attached hydrogens (tertiary/aromatic N) is 2. The van der Waals surface area contributed by atoms with Gasteiger partial charge in [-0.2, -0.15) is 5.10 Å². The molecule has 6 nitrogen and oxygen atoms in total. The van der Waals surface area contributed by atoms with Crippen LogP contribution in [-0.4, -0.2) is 16.6 Å². The van der Waals surface area contributed by atoms with Crippen molar-refractivity contribution in [2.24, 2.45) is 16.1 Å². The number of aromatic hydroxyl groups is 2. The van der Waals surface area contributed by atoms with Gasteiger partial charge in [0.1, 0.15) is 0 Å². The van der Waals surface area contributed by atoms with Gasteiger partial charge in [-0.15, -0.1) is 5.11 Å². The third-order valence-corrected chi connectivity index (χ3v) is 1.01. The first-order valence-electron chi connectivity index (χ1n) is 3.27. The van der Waals surface area contributed by atoms with E-state index in [0.717, 1.165) is 6.34 Å². The predicted molar refractivity (Wildman–Crippen MR) is 47.6 cm³/mol. The Morgan fingerprint density at radius 2 is 1.69 bits per heavy atom. The molecule has 70 valence electrons. The van der Waals surface area contributed by atoms with Gasteiger partial charge in [0.15, 0.2) is 17.8 Å². The summed E-state index contributed by atoms with van der Waals surface area (Å²) in [6.07, 6.45) is 0.944. The number of benzene rings is 1. The van der Waals surface area contributed by atoms with Gasteiger partial charge >= 0.3 is 0 Å². The molecule has 0 saturated carbocycles. The van der Waals surface area contributed by atoms with Crippen LogP contribution in [0.15, 0.2) is 34.5 Å². The van der Waals surface area contributed by atoms with E-state index in [1.54, 1.807) is 12.1 Å². The Hall–Kier alpha value is -2.11. The average Bonchev–Trinajstić information content (AvgIpc) is 2.13. The van der Waals surface area contributed by atoms with Crippen LogP contribution in [0.2, 0.25) is 0 Å². The van der Waals surface area contributed by atoms with Crippen molar-refractivity contribution in [1.82, 2.24) is 0 Å². The molecule has 0 spiro atoms. The SMILES string of the molecule is N=NC=NN.Oc1ccccc1O. The van der Waals surface area contributed by atoms with Gasteiger partial charge < -0.3 is 16.1 Å². The van der Waals surface area contributed by atoms with E-state index < -0.39 is 0 Å². The van der Waals surface area contributed by atoms with E-state index in [-0.39, 0.29) is 11.5 Å². The van der Waals surface area contributed by atoms with E-state index in [0.29, 0.717) is 0 Å². The van der Waals surface area contributed by atoms with Crippen LogP contribution in [-0.2, 0) is 0 Å². The van der Waals surface area contributed by atoms with E-state index in [1.165, 1.54) is 12.1 Å². The fourth-order valence-corrected chi connectivity index (χ4v) is 0.497. The lowest BCUT2D eigenvalue weighted by molar-refractivity contribution is 0.404. The molecule has 0 heterocycles. The monoisotopic (exact) mass is 182 g/mol. The van der Waals surface area contributed by atoms with Crippen molar-refractivity contribution in [3.63, 3.8) is 0 Å². The summed E-state index contributed by atoms with van der Waals surface area (Å²) >= 11 is 0. The van der Waals surface area contributed by atoms with Crippen molar-refractivity contribution < 1.29 is 10.2 Å². The largest absolute Gasteiger partial charge is 0.504 e. The van der Waals surface area contributed by atoms with Crippen LogP contribution in [0, 0.1) is 5.53 Å². The second-order valence-corrected chi connectivity index (χ2v) is 1.88. The third-order valence-electron chi connectivity index (χ3n) is 1.01. The Morgan fingerprint density at radius 3 is 1.85 bits per heavy atom. The number of phenolic OH excluding ortho intramolecular Hbond substituents is 2. The van der Waals surface area contributed by atoms with Crippen molar-refractivity contribution in [3.05, 3.63) is 24.3 Å². The quantitative estimate of drug-likeness (QED) is 0.130. The van der Waals surface area contributed by atoms with Gasteiger partial charge in [-0.3, -0.25) is 0 Å². The van der Waals surface area contributed by atoms with Gasteiger partial charge in [0.25, 0.3) is 0 Å². The molecule has 0 saturated heterocycles. The highest BCUT2D eigenvalue weighted by Crippen LogP contribution is 2.21. The molecule has 1 aromatic carbocycles. The summed E-state index contributed by atoms with van der Waals surface area (Å²) in [6, 6.07) is 6.15. The first-order chi connectivity index (χ1) is 6.22. The number of hydrogen-bond acceptors (Lipinski definition) is 5. The van der Waals surface area contributed by atoms with Crippen LogP contribution in [0.3, 0.4) is 0 Å². The van der Waals surface area contributed by atoms with Gasteiger partial charge in [0.2, 0.25) is 0 Å². The maximum absolute atomic E-state index is 8.67. The Labute approximate surface area is 74.8 Å². The fourth-order valence-electron chi connectivity index (χ4n) is 0.497. The van der Waals surface area contributed by atoms with Crippen LogP contribution in [0.5, 0.6) is 11.5 Å². The highest BCUT2D eigenvalue weighted by molar-refractivity contribution is 5.52. The number of hydrogen-bond donors (Lipinski definition) is 4. The summed E-state index contributed by atoms with van der Waals surface area (Å²) in [7, 11) is 0. The van der Waals surface area contributed by atoms with Crippen molar-refractivity contribution in [2.75, 3.05) is 0 Å². The lowest BCUT2D eigenvalue weighted by Crippen LogP contribution is -1.75. The molecule has 0 fully saturated rings. The molecule has 0 atom stereocenters. The first kappa shape index (κ1) is 10.9.